The maximum Gasteiger partial charge on any atom is 0.281 e. The van der Waals surface area contributed by atoms with Crippen LogP contribution in [0, 0.1) is 5.92 Å². The van der Waals surface area contributed by atoms with Crippen molar-refractivity contribution in [2.75, 3.05) is 52.3 Å². The van der Waals surface area contributed by atoms with Crippen LogP contribution in [0.15, 0.2) is 12.4 Å². The fraction of sp³-hybridized carbons (Fsp3) is 0.733. The van der Waals surface area contributed by atoms with Gasteiger partial charge < -0.3 is 14.7 Å². The lowest BCUT2D eigenvalue weighted by molar-refractivity contribution is -0.0695. The molecule has 1 N–H and O–H groups in total. The highest BCUT2D eigenvalue weighted by atomic mass is 32.2. The Morgan fingerprint density at radius 2 is 2.00 bits per heavy atom. The van der Waals surface area contributed by atoms with Gasteiger partial charge in [-0.05, 0) is 12.8 Å². The molecule has 2 saturated heterocycles. The van der Waals surface area contributed by atoms with Crippen LogP contribution in [0.4, 0.5) is 5.82 Å². The first-order chi connectivity index (χ1) is 11.8. The summed E-state index contributed by atoms with van der Waals surface area (Å²) in [6, 6.07) is 1.75. The Morgan fingerprint density at radius 3 is 2.68 bits per heavy atom. The molecule has 0 radical (unpaired) electrons. The van der Waals surface area contributed by atoms with Gasteiger partial charge in [0.2, 0.25) is 5.88 Å². The molecular formula is C15H25N5O4S. The van der Waals surface area contributed by atoms with Crippen molar-refractivity contribution in [1.29, 1.82) is 0 Å². The van der Waals surface area contributed by atoms with Gasteiger partial charge in [-0.3, -0.25) is 0 Å². The van der Waals surface area contributed by atoms with E-state index in [0.29, 0.717) is 44.9 Å². The number of piperidine rings is 2. The maximum absolute atomic E-state index is 12.4. The molecule has 10 heteroatoms. The molecule has 2 atom stereocenters. The molecule has 0 aromatic carbocycles. The largest absolute Gasteiger partial charge is 0.481 e. The fourth-order valence-corrected chi connectivity index (χ4v) is 4.69. The van der Waals surface area contributed by atoms with Crippen molar-refractivity contribution in [3.05, 3.63) is 12.4 Å². The predicted octanol–water partition coefficient (Wildman–Crippen LogP) is -0.445. The van der Waals surface area contributed by atoms with E-state index in [9.17, 15) is 13.5 Å². The number of fused-ring (bicyclic) bond motifs is 1. The van der Waals surface area contributed by atoms with E-state index in [1.165, 1.54) is 29.0 Å². The molecule has 3 rings (SSSR count). The van der Waals surface area contributed by atoms with E-state index >= 15 is 0 Å². The zero-order valence-electron chi connectivity index (χ0n) is 14.8. The van der Waals surface area contributed by atoms with Crippen LogP contribution in [0.2, 0.25) is 0 Å². The predicted molar refractivity (Wildman–Crippen MR) is 92.7 cm³/mol. The molecule has 1 aromatic heterocycles. The smallest absolute Gasteiger partial charge is 0.281 e. The number of methoxy groups -OCH3 is 1. The van der Waals surface area contributed by atoms with Crippen LogP contribution >= 0.6 is 0 Å². The molecule has 0 saturated carbocycles. The van der Waals surface area contributed by atoms with Gasteiger partial charge in [-0.25, -0.2) is 9.97 Å². The molecule has 9 nitrogen and oxygen atoms in total. The van der Waals surface area contributed by atoms with Gasteiger partial charge in [0.1, 0.15) is 12.1 Å². The molecular weight excluding hydrogens is 346 g/mol. The van der Waals surface area contributed by atoms with Crippen LogP contribution in [0.5, 0.6) is 5.88 Å². The molecule has 3 heterocycles. The molecule has 0 bridgehead atoms. The molecule has 0 amide bonds. The first-order valence-corrected chi connectivity index (χ1v) is 9.67. The summed E-state index contributed by atoms with van der Waals surface area (Å²) in [4.78, 5) is 10.3. The van der Waals surface area contributed by atoms with Crippen molar-refractivity contribution >= 4 is 16.0 Å². The number of hydrogen-bond acceptors (Lipinski definition) is 7. The first-order valence-electron chi connectivity index (χ1n) is 8.27. The Bertz CT molecular complexity index is 728. The number of nitrogens with zero attached hydrogens (tertiary/aromatic N) is 5. The minimum Gasteiger partial charge on any atom is -0.481 e. The van der Waals surface area contributed by atoms with Gasteiger partial charge in [-0.2, -0.15) is 17.0 Å². The molecule has 0 spiro atoms. The summed E-state index contributed by atoms with van der Waals surface area (Å²) < 4.78 is 32.6. The number of aliphatic hydroxyl groups is 1. The van der Waals surface area contributed by atoms with Crippen molar-refractivity contribution < 1.29 is 18.3 Å². The van der Waals surface area contributed by atoms with Gasteiger partial charge in [-0.1, -0.05) is 0 Å². The van der Waals surface area contributed by atoms with Crippen LogP contribution in [-0.2, 0) is 10.2 Å². The van der Waals surface area contributed by atoms with E-state index in [4.69, 9.17) is 4.74 Å². The van der Waals surface area contributed by atoms with Crippen molar-refractivity contribution in [3.8, 4) is 5.88 Å². The third-order valence-electron chi connectivity index (χ3n) is 5.18. The Kier molecular flexibility index (Phi) is 4.89. The van der Waals surface area contributed by atoms with E-state index in [2.05, 4.69) is 14.9 Å². The monoisotopic (exact) mass is 371 g/mol. The Morgan fingerprint density at radius 1 is 1.28 bits per heavy atom. The molecule has 0 aliphatic carbocycles. The highest BCUT2D eigenvalue weighted by Crippen LogP contribution is 2.37. The normalized spacial score (nSPS) is 28.0. The third-order valence-corrected chi connectivity index (χ3v) is 7.09. The second kappa shape index (κ2) is 6.67. The van der Waals surface area contributed by atoms with Crippen LogP contribution in [-0.4, -0.2) is 85.1 Å². The molecule has 2 aliphatic heterocycles. The molecule has 2 aliphatic rings. The molecule has 1 aromatic rings. The summed E-state index contributed by atoms with van der Waals surface area (Å²) in [7, 11) is 1.12. The summed E-state index contributed by atoms with van der Waals surface area (Å²) in [6.07, 6.45) is 2.48. The molecule has 25 heavy (non-hydrogen) atoms. The SMILES string of the molecule is COc1cc(N2CC[C@]3(O)CCN(S(=O)(=O)N(C)C)C[C@@H]3C2)ncn1. The van der Waals surface area contributed by atoms with Crippen molar-refractivity contribution in [2.24, 2.45) is 5.92 Å². The summed E-state index contributed by atoms with van der Waals surface area (Å²) in [5.41, 5.74) is -0.827. The van der Waals surface area contributed by atoms with E-state index in [0.717, 1.165) is 5.82 Å². The van der Waals surface area contributed by atoms with E-state index in [-0.39, 0.29) is 5.92 Å². The van der Waals surface area contributed by atoms with Gasteiger partial charge in [0.05, 0.1) is 12.7 Å². The van der Waals surface area contributed by atoms with Crippen LogP contribution in [0.1, 0.15) is 12.8 Å². The first kappa shape index (κ1) is 18.3. The zero-order chi connectivity index (χ0) is 18.2. The Balaban J connectivity index is 1.79. The van der Waals surface area contributed by atoms with Crippen molar-refractivity contribution in [1.82, 2.24) is 18.6 Å². The lowest BCUT2D eigenvalue weighted by Crippen LogP contribution is -2.61. The number of anilines is 1. The zero-order valence-corrected chi connectivity index (χ0v) is 15.6. The van der Waals surface area contributed by atoms with Crippen LogP contribution in [0.25, 0.3) is 0 Å². The number of ether oxygens (including phenoxy) is 1. The third kappa shape index (κ3) is 3.43. The maximum atomic E-state index is 12.4. The van der Waals surface area contributed by atoms with Crippen molar-refractivity contribution in [2.45, 2.75) is 18.4 Å². The highest BCUT2D eigenvalue weighted by Gasteiger charge is 2.47. The van der Waals surface area contributed by atoms with E-state index in [1.807, 2.05) is 0 Å². The minimum absolute atomic E-state index is 0.175. The summed E-state index contributed by atoms with van der Waals surface area (Å²) >= 11 is 0. The van der Waals surface area contributed by atoms with E-state index in [1.54, 1.807) is 13.2 Å². The van der Waals surface area contributed by atoms with Crippen molar-refractivity contribution in [3.63, 3.8) is 0 Å². The highest BCUT2D eigenvalue weighted by molar-refractivity contribution is 7.86. The van der Waals surface area contributed by atoms with Crippen LogP contribution in [0.3, 0.4) is 0 Å². The summed E-state index contributed by atoms with van der Waals surface area (Å²) in [5, 5.41) is 11.0. The van der Waals surface area contributed by atoms with Gasteiger partial charge in [0.25, 0.3) is 10.2 Å². The van der Waals surface area contributed by atoms with E-state index < -0.39 is 15.8 Å². The second-order valence-electron chi connectivity index (χ2n) is 6.81. The number of hydrogen-bond donors (Lipinski definition) is 1. The molecule has 2 fully saturated rings. The average molecular weight is 371 g/mol. The van der Waals surface area contributed by atoms with Gasteiger partial charge in [0.15, 0.2) is 0 Å². The van der Waals surface area contributed by atoms with Gasteiger partial charge in [-0.15, -0.1) is 0 Å². The number of rotatable bonds is 4. The second-order valence-corrected chi connectivity index (χ2v) is 8.96. The standard InChI is InChI=1S/C15H25N5O4S/c1-18(2)25(22,23)20-7-5-15(21)4-6-19(9-12(15)10-20)13-8-14(24-3)17-11-16-13/h8,11-12,21H,4-7,9-10H2,1-3H3/t12-,15-/m0/s1. The molecule has 140 valence electrons. The van der Waals surface area contributed by atoms with Crippen LogP contribution < -0.4 is 9.64 Å². The summed E-state index contributed by atoms with van der Waals surface area (Å²) in [5.74, 6) is 1.03. The topological polar surface area (TPSA) is 99.1 Å². The van der Waals surface area contributed by atoms with Gasteiger partial charge in [0, 0.05) is 52.3 Å². The quantitative estimate of drug-likeness (QED) is 0.766. The fourth-order valence-electron chi connectivity index (χ4n) is 3.54. The molecule has 0 unspecified atom stereocenters. The minimum atomic E-state index is -3.48. The summed E-state index contributed by atoms with van der Waals surface area (Å²) in [6.45, 7) is 1.84. The number of aromatic nitrogens is 2. The Labute approximate surface area is 148 Å². The lowest BCUT2D eigenvalue weighted by Gasteiger charge is -2.50. The van der Waals surface area contributed by atoms with Gasteiger partial charge >= 0.3 is 0 Å². The average Bonchev–Trinajstić information content (AvgIpc) is 2.60. The Hall–Kier alpha value is -1.49. The lowest BCUT2D eigenvalue weighted by atomic mass is 9.76.